The normalized spacial score (nSPS) is 15.9. The molecule has 1 saturated heterocycles. The molecule has 146 valence electrons. The Balaban J connectivity index is 1.47. The van der Waals surface area contributed by atoms with E-state index in [1.165, 1.54) is 0 Å². The van der Waals surface area contributed by atoms with Crippen LogP contribution in [0.25, 0.3) is 10.9 Å². The van der Waals surface area contributed by atoms with Gasteiger partial charge < -0.3 is 4.90 Å². The summed E-state index contributed by atoms with van der Waals surface area (Å²) in [5, 5.41) is 1.13. The number of pyridine rings is 1. The first kappa shape index (κ1) is 18.9. The van der Waals surface area contributed by atoms with Gasteiger partial charge in [-0.1, -0.05) is 48.0 Å². The molecular weight excluding hydrogens is 370 g/mol. The first-order valence-electron chi connectivity index (χ1n) is 9.57. The Kier molecular flexibility index (Phi) is 5.08. The van der Waals surface area contributed by atoms with Crippen LogP contribution in [0.2, 0.25) is 0 Å². The zero-order valence-electron chi connectivity index (χ0n) is 16.3. The van der Waals surface area contributed by atoms with E-state index in [1.807, 2.05) is 49.4 Å². The van der Waals surface area contributed by atoms with Crippen molar-refractivity contribution >= 4 is 26.7 Å². The molecule has 28 heavy (non-hydrogen) atoms. The number of hydrogen-bond acceptors (Lipinski definition) is 4. The summed E-state index contributed by atoms with van der Waals surface area (Å²) in [5.41, 5.74) is 4.06. The van der Waals surface area contributed by atoms with Crippen LogP contribution in [0.5, 0.6) is 0 Å². The van der Waals surface area contributed by atoms with Gasteiger partial charge in [-0.3, -0.25) is 0 Å². The number of benzene rings is 2. The van der Waals surface area contributed by atoms with Crippen molar-refractivity contribution < 1.29 is 8.42 Å². The predicted octanol–water partition coefficient (Wildman–Crippen LogP) is 3.50. The molecule has 2 heterocycles. The van der Waals surface area contributed by atoms with Crippen LogP contribution >= 0.6 is 0 Å². The van der Waals surface area contributed by atoms with Crippen molar-refractivity contribution in [3.8, 4) is 0 Å². The highest BCUT2D eigenvalue weighted by Crippen LogP contribution is 2.24. The minimum atomic E-state index is -3.31. The average molecular weight is 396 g/mol. The Hall–Kier alpha value is -2.44. The minimum Gasteiger partial charge on any atom is -0.354 e. The summed E-state index contributed by atoms with van der Waals surface area (Å²) in [6.45, 7) is 6.35. The molecule has 1 aliphatic rings. The fraction of sp³-hybridized carbons (Fsp3) is 0.318. The highest BCUT2D eigenvalue weighted by Gasteiger charge is 2.28. The molecular formula is C22H25N3O2S. The average Bonchev–Trinajstić information content (AvgIpc) is 2.69. The number of aromatic nitrogens is 1. The molecule has 0 unspecified atom stereocenters. The molecule has 1 fully saturated rings. The van der Waals surface area contributed by atoms with Gasteiger partial charge in [-0.2, -0.15) is 4.31 Å². The maximum atomic E-state index is 12.8. The maximum Gasteiger partial charge on any atom is 0.218 e. The molecule has 0 saturated carbocycles. The van der Waals surface area contributed by atoms with E-state index in [2.05, 4.69) is 24.0 Å². The number of sulfonamides is 1. The Morgan fingerprint density at radius 1 is 0.929 bits per heavy atom. The molecule has 6 heteroatoms. The molecule has 0 spiro atoms. The first-order valence-corrected chi connectivity index (χ1v) is 11.2. The van der Waals surface area contributed by atoms with Crippen LogP contribution in [-0.2, 0) is 15.8 Å². The van der Waals surface area contributed by atoms with Gasteiger partial charge in [0, 0.05) is 31.6 Å². The van der Waals surface area contributed by atoms with Gasteiger partial charge in [-0.25, -0.2) is 13.4 Å². The number of anilines is 1. The molecule has 2 aromatic carbocycles. The van der Waals surface area contributed by atoms with Crippen molar-refractivity contribution in [1.82, 2.24) is 9.29 Å². The third-order valence-electron chi connectivity index (χ3n) is 5.29. The number of nitrogens with zero attached hydrogens (tertiary/aromatic N) is 3. The van der Waals surface area contributed by atoms with Crippen LogP contribution in [0.15, 0.2) is 54.6 Å². The molecule has 5 nitrogen and oxygen atoms in total. The zero-order chi connectivity index (χ0) is 19.7. The zero-order valence-corrected chi connectivity index (χ0v) is 17.1. The van der Waals surface area contributed by atoms with Crippen LogP contribution < -0.4 is 4.90 Å². The van der Waals surface area contributed by atoms with Crippen molar-refractivity contribution in [3.05, 3.63) is 71.3 Å². The number of hydrogen-bond donors (Lipinski definition) is 0. The molecule has 1 aliphatic heterocycles. The van der Waals surface area contributed by atoms with Gasteiger partial charge in [0.2, 0.25) is 10.0 Å². The van der Waals surface area contributed by atoms with E-state index in [0.717, 1.165) is 33.4 Å². The fourth-order valence-corrected chi connectivity index (χ4v) is 5.21. The largest absolute Gasteiger partial charge is 0.354 e. The Morgan fingerprint density at radius 2 is 1.61 bits per heavy atom. The van der Waals surface area contributed by atoms with Crippen molar-refractivity contribution in [3.63, 3.8) is 0 Å². The van der Waals surface area contributed by atoms with Crippen molar-refractivity contribution in [2.24, 2.45) is 0 Å². The lowest BCUT2D eigenvalue weighted by atomic mass is 10.1. The third kappa shape index (κ3) is 3.88. The lowest BCUT2D eigenvalue weighted by Gasteiger charge is -2.35. The van der Waals surface area contributed by atoms with Crippen LogP contribution in [0.3, 0.4) is 0 Å². The predicted molar refractivity (Wildman–Crippen MR) is 114 cm³/mol. The van der Waals surface area contributed by atoms with Crippen LogP contribution in [0, 0.1) is 13.8 Å². The highest BCUT2D eigenvalue weighted by atomic mass is 32.2. The maximum absolute atomic E-state index is 12.8. The fourth-order valence-electron chi connectivity index (χ4n) is 3.70. The van der Waals surface area contributed by atoms with Gasteiger partial charge in [0.15, 0.2) is 0 Å². The van der Waals surface area contributed by atoms with Gasteiger partial charge in [-0.15, -0.1) is 0 Å². The molecule has 4 rings (SSSR count). The topological polar surface area (TPSA) is 53.5 Å². The van der Waals surface area contributed by atoms with E-state index in [9.17, 15) is 8.42 Å². The summed E-state index contributed by atoms with van der Waals surface area (Å²) < 4.78 is 27.2. The summed E-state index contributed by atoms with van der Waals surface area (Å²) in [4.78, 5) is 7.01. The SMILES string of the molecule is Cc1ccc(CS(=O)(=O)N2CCN(c3nc4ccccc4cc3C)CC2)cc1. The van der Waals surface area contributed by atoms with Crippen molar-refractivity contribution in [2.75, 3.05) is 31.1 Å². The summed E-state index contributed by atoms with van der Waals surface area (Å²) in [6, 6.07) is 17.9. The molecule has 1 aromatic heterocycles. The van der Waals surface area contributed by atoms with Crippen LogP contribution in [-0.4, -0.2) is 43.9 Å². The van der Waals surface area contributed by atoms with Gasteiger partial charge in [-0.05, 0) is 37.1 Å². The highest BCUT2D eigenvalue weighted by molar-refractivity contribution is 7.88. The number of piperazine rings is 1. The smallest absolute Gasteiger partial charge is 0.218 e. The second kappa shape index (κ2) is 7.53. The lowest BCUT2D eigenvalue weighted by molar-refractivity contribution is 0.383. The summed E-state index contributed by atoms with van der Waals surface area (Å²) in [5.74, 6) is 1.01. The second-order valence-electron chi connectivity index (χ2n) is 7.45. The first-order chi connectivity index (χ1) is 13.4. The monoisotopic (exact) mass is 395 g/mol. The quantitative estimate of drug-likeness (QED) is 0.678. The summed E-state index contributed by atoms with van der Waals surface area (Å²) >= 11 is 0. The molecule has 0 atom stereocenters. The molecule has 0 aliphatic carbocycles. The van der Waals surface area contributed by atoms with E-state index in [1.54, 1.807) is 4.31 Å². The van der Waals surface area contributed by atoms with E-state index >= 15 is 0 Å². The van der Waals surface area contributed by atoms with Crippen LogP contribution in [0.4, 0.5) is 5.82 Å². The summed E-state index contributed by atoms with van der Waals surface area (Å²) in [6.07, 6.45) is 0. The van der Waals surface area contributed by atoms with Crippen LogP contribution in [0.1, 0.15) is 16.7 Å². The number of aryl methyl sites for hydroxylation is 2. The van der Waals surface area contributed by atoms with E-state index in [4.69, 9.17) is 4.98 Å². The second-order valence-corrected chi connectivity index (χ2v) is 9.42. The molecule has 0 N–H and O–H groups in total. The Bertz CT molecular complexity index is 1090. The Morgan fingerprint density at radius 3 is 2.32 bits per heavy atom. The number of para-hydroxylation sites is 1. The number of fused-ring (bicyclic) bond motifs is 1. The summed E-state index contributed by atoms with van der Waals surface area (Å²) in [7, 11) is -3.31. The van der Waals surface area contributed by atoms with Crippen molar-refractivity contribution in [1.29, 1.82) is 0 Å². The molecule has 0 radical (unpaired) electrons. The van der Waals surface area contributed by atoms with E-state index < -0.39 is 10.0 Å². The van der Waals surface area contributed by atoms with E-state index in [0.29, 0.717) is 26.2 Å². The minimum absolute atomic E-state index is 0.0561. The Labute approximate surface area is 166 Å². The van der Waals surface area contributed by atoms with Gasteiger partial charge in [0.25, 0.3) is 0 Å². The van der Waals surface area contributed by atoms with Gasteiger partial charge in [0.1, 0.15) is 5.82 Å². The number of rotatable bonds is 4. The molecule has 3 aromatic rings. The van der Waals surface area contributed by atoms with Gasteiger partial charge in [0.05, 0.1) is 11.3 Å². The van der Waals surface area contributed by atoms with E-state index in [-0.39, 0.29) is 5.75 Å². The third-order valence-corrected chi connectivity index (χ3v) is 7.14. The lowest BCUT2D eigenvalue weighted by Crippen LogP contribution is -2.49. The standard InChI is InChI=1S/C22H25N3O2S/c1-17-7-9-19(10-8-17)16-28(26,27)25-13-11-24(12-14-25)22-18(2)15-20-5-3-4-6-21(20)23-22/h3-10,15H,11-14,16H2,1-2H3. The van der Waals surface area contributed by atoms with Gasteiger partial charge >= 0.3 is 0 Å². The van der Waals surface area contributed by atoms with Crippen molar-refractivity contribution in [2.45, 2.75) is 19.6 Å². The molecule has 0 bridgehead atoms. The molecule has 0 amide bonds.